The van der Waals surface area contributed by atoms with Gasteiger partial charge in [-0.15, -0.1) is 0 Å². The van der Waals surface area contributed by atoms with E-state index in [1.165, 1.54) is 0 Å². The third-order valence-electron chi connectivity index (χ3n) is 2.34. The van der Waals surface area contributed by atoms with Gasteiger partial charge < -0.3 is 15.2 Å². The molecule has 2 aromatic rings. The quantitative estimate of drug-likeness (QED) is 0.849. The van der Waals surface area contributed by atoms with Gasteiger partial charge in [-0.25, -0.2) is 0 Å². The summed E-state index contributed by atoms with van der Waals surface area (Å²) in [5, 5.41) is 8.76. The van der Waals surface area contributed by atoms with Crippen molar-refractivity contribution >= 4 is 5.69 Å². The lowest BCUT2D eigenvalue weighted by Gasteiger charge is -2.09. The molecule has 1 aromatic heterocycles. The van der Waals surface area contributed by atoms with Crippen molar-refractivity contribution in [3.63, 3.8) is 0 Å². The fourth-order valence-electron chi connectivity index (χ4n) is 1.50. The first-order chi connectivity index (χ1) is 9.22. The van der Waals surface area contributed by atoms with E-state index in [9.17, 15) is 0 Å². The Morgan fingerprint density at radius 3 is 2.74 bits per heavy atom. The molecule has 0 saturated carbocycles. The van der Waals surface area contributed by atoms with Crippen molar-refractivity contribution in [2.24, 2.45) is 0 Å². The van der Waals surface area contributed by atoms with Gasteiger partial charge in [0.1, 0.15) is 0 Å². The maximum atomic E-state index is 8.76. The van der Waals surface area contributed by atoms with Crippen LogP contribution in [0.2, 0.25) is 0 Å². The summed E-state index contributed by atoms with van der Waals surface area (Å²) in [5.74, 6) is 1.34. The minimum absolute atomic E-state index is 0.391. The van der Waals surface area contributed by atoms with Gasteiger partial charge in [0.25, 0.3) is 0 Å². The maximum absolute atomic E-state index is 8.76. The number of rotatable bonds is 4. The topological polar surface area (TPSA) is 81.2 Å². The van der Waals surface area contributed by atoms with Gasteiger partial charge in [0.2, 0.25) is 11.8 Å². The Morgan fingerprint density at radius 2 is 2.05 bits per heavy atom. The largest absolute Gasteiger partial charge is 0.478 e. The summed E-state index contributed by atoms with van der Waals surface area (Å²) in [6, 6.07) is 12.1. The summed E-state index contributed by atoms with van der Waals surface area (Å²) in [6.07, 6.45) is 0. The van der Waals surface area contributed by atoms with Crippen molar-refractivity contribution in [1.82, 2.24) is 4.98 Å². The Bertz CT molecular complexity index is 620. The first-order valence-corrected chi connectivity index (χ1v) is 5.80. The van der Waals surface area contributed by atoms with Crippen LogP contribution in [0.1, 0.15) is 12.5 Å². The van der Waals surface area contributed by atoms with Gasteiger partial charge in [-0.05, 0) is 25.1 Å². The second-order valence-electron chi connectivity index (χ2n) is 3.71. The zero-order valence-corrected chi connectivity index (χ0v) is 10.5. The Hall–Kier alpha value is -2.74. The molecule has 0 spiro atoms. The van der Waals surface area contributed by atoms with Crippen molar-refractivity contribution in [3.05, 3.63) is 42.0 Å². The Balaban J connectivity index is 2.21. The molecule has 0 saturated heterocycles. The van der Waals surface area contributed by atoms with Crippen LogP contribution >= 0.6 is 0 Å². The summed E-state index contributed by atoms with van der Waals surface area (Å²) < 4.78 is 10.9. The highest BCUT2D eigenvalue weighted by molar-refractivity contribution is 5.57. The lowest BCUT2D eigenvalue weighted by atomic mass is 10.2. The van der Waals surface area contributed by atoms with Crippen LogP contribution in [0, 0.1) is 11.3 Å². The summed E-state index contributed by atoms with van der Waals surface area (Å²) in [7, 11) is 0. The van der Waals surface area contributed by atoms with Crippen LogP contribution in [0.15, 0.2) is 36.4 Å². The number of benzene rings is 1. The number of hydrogen-bond acceptors (Lipinski definition) is 5. The van der Waals surface area contributed by atoms with Crippen molar-refractivity contribution < 1.29 is 9.47 Å². The number of anilines is 1. The van der Waals surface area contributed by atoms with Gasteiger partial charge >= 0.3 is 0 Å². The third-order valence-corrected chi connectivity index (χ3v) is 2.34. The van der Waals surface area contributed by atoms with E-state index < -0.39 is 0 Å². The number of aromatic nitrogens is 1. The molecule has 0 aliphatic heterocycles. The van der Waals surface area contributed by atoms with Gasteiger partial charge in [-0.3, -0.25) is 0 Å². The molecule has 0 fully saturated rings. The zero-order valence-electron chi connectivity index (χ0n) is 10.5. The molecule has 0 aliphatic rings. The van der Waals surface area contributed by atoms with Gasteiger partial charge in [-0.1, -0.05) is 6.07 Å². The van der Waals surface area contributed by atoms with Crippen molar-refractivity contribution in [2.75, 3.05) is 12.3 Å². The first kappa shape index (κ1) is 12.7. The number of ether oxygens (including phenoxy) is 2. The summed E-state index contributed by atoms with van der Waals surface area (Å²) >= 11 is 0. The molecular formula is C14H13N3O2. The molecule has 5 heteroatoms. The predicted octanol–water partition coefficient (Wildman–Crippen LogP) is 2.73. The van der Waals surface area contributed by atoms with Crippen molar-refractivity contribution in [2.45, 2.75) is 6.92 Å². The van der Waals surface area contributed by atoms with E-state index in [0.717, 1.165) is 0 Å². The van der Waals surface area contributed by atoms with Crippen LogP contribution in [0.25, 0.3) is 0 Å². The fourth-order valence-corrected chi connectivity index (χ4v) is 1.50. The van der Waals surface area contributed by atoms with Crippen LogP contribution in [-0.2, 0) is 0 Å². The molecule has 0 bridgehead atoms. The summed E-state index contributed by atoms with van der Waals surface area (Å²) in [5.41, 5.74) is 6.68. The third kappa shape index (κ3) is 3.13. The maximum Gasteiger partial charge on any atom is 0.222 e. The molecule has 0 aliphatic carbocycles. The van der Waals surface area contributed by atoms with Crippen LogP contribution in [0.4, 0.5) is 5.69 Å². The van der Waals surface area contributed by atoms with Crippen LogP contribution in [-0.4, -0.2) is 11.6 Å². The average Bonchev–Trinajstić information content (AvgIpc) is 2.42. The van der Waals surface area contributed by atoms with E-state index >= 15 is 0 Å². The van der Waals surface area contributed by atoms with E-state index in [1.54, 1.807) is 36.4 Å². The van der Waals surface area contributed by atoms with E-state index in [0.29, 0.717) is 35.4 Å². The number of hydrogen-bond donors (Lipinski definition) is 1. The average molecular weight is 255 g/mol. The lowest BCUT2D eigenvalue weighted by Crippen LogP contribution is -1.97. The van der Waals surface area contributed by atoms with E-state index in [4.69, 9.17) is 20.5 Å². The van der Waals surface area contributed by atoms with Crippen molar-refractivity contribution in [1.29, 1.82) is 5.26 Å². The highest BCUT2D eigenvalue weighted by Gasteiger charge is 2.05. The lowest BCUT2D eigenvalue weighted by molar-refractivity contribution is 0.321. The van der Waals surface area contributed by atoms with Crippen LogP contribution < -0.4 is 15.2 Å². The van der Waals surface area contributed by atoms with Gasteiger partial charge in [0.15, 0.2) is 5.75 Å². The smallest absolute Gasteiger partial charge is 0.222 e. The van der Waals surface area contributed by atoms with E-state index in [-0.39, 0.29) is 0 Å². The first-order valence-electron chi connectivity index (χ1n) is 5.80. The molecule has 0 amide bonds. The molecule has 19 heavy (non-hydrogen) atoms. The molecule has 96 valence electrons. The van der Waals surface area contributed by atoms with E-state index in [2.05, 4.69) is 4.98 Å². The van der Waals surface area contributed by atoms with Gasteiger partial charge in [0, 0.05) is 12.1 Å². The Morgan fingerprint density at radius 1 is 1.26 bits per heavy atom. The highest BCUT2D eigenvalue weighted by Crippen LogP contribution is 2.27. The van der Waals surface area contributed by atoms with Gasteiger partial charge in [0.05, 0.1) is 23.9 Å². The molecule has 2 N–H and O–H groups in total. The molecule has 5 nitrogen and oxygen atoms in total. The second kappa shape index (κ2) is 5.74. The zero-order chi connectivity index (χ0) is 13.7. The normalized spacial score (nSPS) is 9.68. The van der Waals surface area contributed by atoms with E-state index in [1.807, 2.05) is 13.0 Å². The molecular weight excluding hydrogens is 242 g/mol. The van der Waals surface area contributed by atoms with Crippen LogP contribution in [0.5, 0.6) is 17.5 Å². The monoisotopic (exact) mass is 255 g/mol. The Labute approximate surface area is 111 Å². The molecule has 0 radical (unpaired) electrons. The number of pyridine rings is 1. The van der Waals surface area contributed by atoms with Crippen molar-refractivity contribution in [3.8, 4) is 23.6 Å². The second-order valence-corrected chi connectivity index (χ2v) is 3.71. The summed E-state index contributed by atoms with van der Waals surface area (Å²) in [4.78, 5) is 4.18. The number of nitriles is 1. The molecule has 0 atom stereocenters. The molecule has 1 aromatic carbocycles. The standard InChI is InChI=1S/C14H13N3O2/c1-2-18-13-4-3-5-14(17-13)19-12-7-6-10(9-15)8-11(12)16/h3-8H,2,16H2,1H3. The minimum atomic E-state index is 0.391. The number of nitrogens with zero attached hydrogens (tertiary/aromatic N) is 2. The SMILES string of the molecule is CCOc1cccc(Oc2ccc(C#N)cc2N)n1. The molecule has 0 unspecified atom stereocenters. The predicted molar refractivity (Wildman–Crippen MR) is 71.0 cm³/mol. The van der Waals surface area contributed by atoms with Gasteiger partial charge in [-0.2, -0.15) is 10.2 Å². The fraction of sp³-hybridized carbons (Fsp3) is 0.143. The summed E-state index contributed by atoms with van der Waals surface area (Å²) in [6.45, 7) is 2.42. The molecule has 2 rings (SSSR count). The molecule has 1 heterocycles. The minimum Gasteiger partial charge on any atom is -0.478 e. The van der Waals surface area contributed by atoms with Crippen LogP contribution in [0.3, 0.4) is 0 Å². The number of nitrogen functional groups attached to an aromatic ring is 1. The number of nitrogens with two attached hydrogens (primary N) is 1. The highest BCUT2D eigenvalue weighted by atomic mass is 16.5. The Kier molecular flexibility index (Phi) is 3.84.